The molecule has 0 fully saturated rings. The summed E-state index contributed by atoms with van der Waals surface area (Å²) >= 11 is 0. The van der Waals surface area contributed by atoms with Gasteiger partial charge < -0.3 is 4.74 Å². The number of rotatable bonds is 4. The molecule has 0 aliphatic carbocycles. The summed E-state index contributed by atoms with van der Waals surface area (Å²) in [5.74, 6) is -0.641. The van der Waals surface area contributed by atoms with Gasteiger partial charge in [0.1, 0.15) is 11.8 Å². The fourth-order valence-electron chi connectivity index (χ4n) is 2.42. The van der Waals surface area contributed by atoms with E-state index in [-0.39, 0.29) is 12.3 Å². The summed E-state index contributed by atoms with van der Waals surface area (Å²) in [6, 6.07) is 13.5. The van der Waals surface area contributed by atoms with Crippen molar-refractivity contribution >= 4 is 16.9 Å². The summed E-state index contributed by atoms with van der Waals surface area (Å²) in [5.41, 5.74) is 0.794. The van der Waals surface area contributed by atoms with E-state index in [1.165, 1.54) is 11.0 Å². The Balaban J connectivity index is 1.59. The number of benzene rings is 2. The smallest absolute Gasteiger partial charge is 0.342 e. The molecule has 0 saturated carbocycles. The molecule has 4 rings (SSSR count). The van der Waals surface area contributed by atoms with Crippen molar-refractivity contribution in [3.05, 3.63) is 70.8 Å². The van der Waals surface area contributed by atoms with Crippen molar-refractivity contribution in [3.63, 3.8) is 0 Å². The van der Waals surface area contributed by atoms with E-state index in [1.807, 2.05) is 0 Å². The minimum Gasteiger partial charge on any atom is -0.438 e. The van der Waals surface area contributed by atoms with Crippen LogP contribution in [0, 0.1) is 0 Å². The van der Waals surface area contributed by atoms with Crippen molar-refractivity contribution in [3.8, 4) is 5.69 Å². The lowest BCUT2D eigenvalue weighted by Crippen LogP contribution is -2.26. The number of carbonyl (C=O) groups excluding carboxylic acids is 1. The maximum absolute atomic E-state index is 12.4. The van der Waals surface area contributed by atoms with Gasteiger partial charge in [-0.05, 0) is 34.7 Å². The fraction of sp³-hybridized carbons (Fsp3) is 0.0625. The van der Waals surface area contributed by atoms with E-state index in [1.54, 1.807) is 48.5 Å². The minimum atomic E-state index is -0.641. The molecule has 0 saturated heterocycles. The third kappa shape index (κ3) is 2.79. The molecule has 10 heteroatoms. The second kappa shape index (κ2) is 6.51. The number of para-hydroxylation sites is 1. The predicted molar refractivity (Wildman–Crippen MR) is 88.4 cm³/mol. The number of ether oxygens (including phenoxy) is 1. The molecule has 128 valence electrons. The van der Waals surface area contributed by atoms with Crippen molar-refractivity contribution in [2.24, 2.45) is 0 Å². The van der Waals surface area contributed by atoms with Gasteiger partial charge in [0, 0.05) is 0 Å². The molecule has 0 atom stereocenters. The summed E-state index contributed by atoms with van der Waals surface area (Å²) in [6.45, 7) is -0.362. The first-order valence-corrected chi connectivity index (χ1v) is 7.56. The number of aromatic nitrogens is 7. The molecule has 26 heavy (non-hydrogen) atoms. The van der Waals surface area contributed by atoms with Gasteiger partial charge in [-0.15, -0.1) is 10.2 Å². The number of hydrogen-bond acceptors (Lipinski definition) is 8. The third-order valence-corrected chi connectivity index (χ3v) is 3.67. The van der Waals surface area contributed by atoms with Gasteiger partial charge in [-0.1, -0.05) is 29.5 Å². The summed E-state index contributed by atoms with van der Waals surface area (Å²) < 4.78 is 7.55. The summed E-state index contributed by atoms with van der Waals surface area (Å²) in [4.78, 5) is 24.8. The van der Waals surface area contributed by atoms with Crippen LogP contribution in [0.25, 0.3) is 16.6 Å². The highest BCUT2D eigenvalue weighted by atomic mass is 16.5. The number of fused-ring (bicyclic) bond motifs is 1. The zero-order valence-electron chi connectivity index (χ0n) is 13.3. The lowest BCUT2D eigenvalue weighted by molar-refractivity contribution is 0.0336. The second-order valence-electron chi connectivity index (χ2n) is 5.24. The zero-order valence-corrected chi connectivity index (χ0v) is 13.3. The Hall–Kier alpha value is -3.95. The molecule has 0 bridgehead atoms. The maximum Gasteiger partial charge on any atom is 0.342 e. The molecule has 2 heterocycles. The van der Waals surface area contributed by atoms with E-state index >= 15 is 0 Å². The lowest BCUT2D eigenvalue weighted by atomic mass is 10.2. The van der Waals surface area contributed by atoms with Crippen molar-refractivity contribution in [1.29, 1.82) is 0 Å². The molecule has 0 aliphatic heterocycles. The minimum absolute atomic E-state index is 0.251. The molecule has 0 N–H and O–H groups in total. The van der Waals surface area contributed by atoms with Crippen LogP contribution in [-0.2, 0) is 11.5 Å². The Kier molecular flexibility index (Phi) is 3.90. The van der Waals surface area contributed by atoms with Crippen LogP contribution in [0.4, 0.5) is 0 Å². The van der Waals surface area contributed by atoms with E-state index in [0.717, 1.165) is 4.68 Å². The van der Waals surface area contributed by atoms with Crippen LogP contribution in [0.15, 0.2) is 59.7 Å². The maximum atomic E-state index is 12.4. The monoisotopic (exact) mass is 349 g/mol. The van der Waals surface area contributed by atoms with Crippen molar-refractivity contribution in [2.45, 2.75) is 6.73 Å². The van der Waals surface area contributed by atoms with Gasteiger partial charge in [-0.25, -0.2) is 4.79 Å². The van der Waals surface area contributed by atoms with Crippen LogP contribution in [0.3, 0.4) is 0 Å². The average Bonchev–Trinajstić information content (AvgIpc) is 3.22. The van der Waals surface area contributed by atoms with Crippen LogP contribution in [0.1, 0.15) is 10.4 Å². The van der Waals surface area contributed by atoms with Crippen LogP contribution in [-0.4, -0.2) is 41.2 Å². The molecule has 0 spiro atoms. The molecule has 0 radical (unpaired) electrons. The summed E-state index contributed by atoms with van der Waals surface area (Å²) in [6.07, 6.45) is 1.37. The van der Waals surface area contributed by atoms with Gasteiger partial charge in [0.15, 0.2) is 6.73 Å². The topological polar surface area (TPSA) is 118 Å². The molecule has 2 aromatic carbocycles. The second-order valence-corrected chi connectivity index (χ2v) is 5.24. The highest BCUT2D eigenvalue weighted by Gasteiger charge is 2.15. The van der Waals surface area contributed by atoms with E-state index < -0.39 is 11.5 Å². The summed E-state index contributed by atoms with van der Waals surface area (Å²) in [7, 11) is 0. The highest BCUT2D eigenvalue weighted by Crippen LogP contribution is 2.14. The Morgan fingerprint density at radius 2 is 1.85 bits per heavy atom. The molecular formula is C16H11N7O3. The van der Waals surface area contributed by atoms with Crippen molar-refractivity contribution in [1.82, 2.24) is 35.2 Å². The van der Waals surface area contributed by atoms with Gasteiger partial charge in [0.2, 0.25) is 0 Å². The van der Waals surface area contributed by atoms with Crippen molar-refractivity contribution in [2.75, 3.05) is 0 Å². The average molecular weight is 349 g/mol. The molecule has 10 nitrogen and oxygen atoms in total. The normalized spacial score (nSPS) is 10.8. The quantitative estimate of drug-likeness (QED) is 0.491. The summed E-state index contributed by atoms with van der Waals surface area (Å²) in [5, 5.41) is 19.0. The first-order chi connectivity index (χ1) is 12.7. The molecule has 2 aromatic heterocycles. The van der Waals surface area contributed by atoms with Crippen LogP contribution in [0.2, 0.25) is 0 Å². The van der Waals surface area contributed by atoms with E-state index in [9.17, 15) is 9.59 Å². The van der Waals surface area contributed by atoms with Gasteiger partial charge in [-0.3, -0.25) is 4.79 Å². The molecular weight excluding hydrogens is 338 g/mol. The van der Waals surface area contributed by atoms with Crippen LogP contribution < -0.4 is 5.56 Å². The molecule has 4 aromatic rings. The van der Waals surface area contributed by atoms with Gasteiger partial charge in [0.05, 0.1) is 16.6 Å². The van der Waals surface area contributed by atoms with E-state index in [2.05, 4.69) is 25.8 Å². The molecule has 0 unspecified atom stereocenters. The first kappa shape index (κ1) is 15.6. The largest absolute Gasteiger partial charge is 0.438 e. The van der Waals surface area contributed by atoms with Crippen LogP contribution in [0.5, 0.6) is 0 Å². The SMILES string of the molecule is O=C(OCn1nnc2ccccc2c1=O)c1ccccc1-n1cnnn1. The van der Waals surface area contributed by atoms with Gasteiger partial charge in [-0.2, -0.15) is 9.36 Å². The Morgan fingerprint density at radius 1 is 1.04 bits per heavy atom. The number of tetrazole rings is 1. The standard InChI is InChI=1S/C16H11N7O3/c24-15-11-5-1-3-7-13(11)18-20-23(15)10-26-16(25)12-6-2-4-8-14(12)22-9-17-19-21-22/h1-9H,10H2. The van der Waals surface area contributed by atoms with Gasteiger partial charge in [0.25, 0.3) is 5.56 Å². The van der Waals surface area contributed by atoms with E-state index in [4.69, 9.17) is 4.74 Å². The lowest BCUT2D eigenvalue weighted by Gasteiger charge is -2.09. The number of esters is 1. The highest BCUT2D eigenvalue weighted by molar-refractivity contribution is 5.93. The third-order valence-electron chi connectivity index (χ3n) is 3.67. The van der Waals surface area contributed by atoms with Crippen molar-refractivity contribution < 1.29 is 9.53 Å². The predicted octanol–water partition coefficient (Wildman–Crippen LogP) is 0.582. The number of carbonyl (C=O) groups is 1. The molecule has 0 aliphatic rings. The zero-order chi connectivity index (χ0) is 17.9. The Bertz CT molecular complexity index is 1140. The molecule has 0 amide bonds. The van der Waals surface area contributed by atoms with Gasteiger partial charge >= 0.3 is 5.97 Å². The van der Waals surface area contributed by atoms with E-state index in [0.29, 0.717) is 16.6 Å². The number of hydrogen-bond donors (Lipinski definition) is 0. The van der Waals surface area contributed by atoms with Crippen LogP contribution >= 0.6 is 0 Å². The number of nitrogens with zero attached hydrogens (tertiary/aromatic N) is 7. The first-order valence-electron chi connectivity index (χ1n) is 7.56. The fourth-order valence-corrected chi connectivity index (χ4v) is 2.42. The Labute approximate surface area is 145 Å². The Morgan fingerprint density at radius 3 is 2.69 bits per heavy atom.